The summed E-state index contributed by atoms with van der Waals surface area (Å²) in [5.41, 5.74) is -2.38. The zero-order valence-corrected chi connectivity index (χ0v) is 12.5. The van der Waals surface area contributed by atoms with Crippen LogP contribution in [0.5, 0.6) is 0 Å². The van der Waals surface area contributed by atoms with Gasteiger partial charge < -0.3 is 5.32 Å². The molecule has 1 aliphatic heterocycles. The lowest BCUT2D eigenvalue weighted by Crippen LogP contribution is -2.29. The zero-order valence-electron chi connectivity index (χ0n) is 12.5. The molecule has 130 valence electrons. The Labute approximate surface area is 131 Å². The highest BCUT2D eigenvalue weighted by Crippen LogP contribution is 2.36. The van der Waals surface area contributed by atoms with Crippen molar-refractivity contribution < 1.29 is 26.3 Å². The molecular weight excluding hydrogens is 320 g/mol. The molecule has 0 bridgehead atoms. The van der Waals surface area contributed by atoms with E-state index in [0.29, 0.717) is 12.3 Å². The van der Waals surface area contributed by atoms with Gasteiger partial charge in [0.05, 0.1) is 11.1 Å². The van der Waals surface area contributed by atoms with E-state index in [1.165, 1.54) is 0 Å². The van der Waals surface area contributed by atoms with Crippen molar-refractivity contribution in [2.45, 2.75) is 44.5 Å². The Kier molecular flexibility index (Phi) is 5.60. The molecule has 1 aromatic carbocycles. The molecule has 1 aliphatic rings. The first kappa shape index (κ1) is 18.1. The topological polar surface area (TPSA) is 12.0 Å². The van der Waals surface area contributed by atoms with Crippen LogP contribution < -0.4 is 5.32 Å². The Bertz CT molecular complexity index is 482. The molecule has 1 nitrogen and oxygen atoms in total. The highest BCUT2D eigenvalue weighted by Gasteiger charge is 2.36. The highest BCUT2D eigenvalue weighted by molar-refractivity contribution is 5.33. The van der Waals surface area contributed by atoms with Gasteiger partial charge in [0.1, 0.15) is 0 Å². The van der Waals surface area contributed by atoms with Crippen LogP contribution in [0.25, 0.3) is 0 Å². The SMILES string of the molecule is FC(F)(F)c1cc(CCCC2CCCNC2)cc(C(F)(F)F)c1. The first-order valence-corrected chi connectivity index (χ1v) is 7.65. The number of piperidine rings is 1. The smallest absolute Gasteiger partial charge is 0.316 e. The largest absolute Gasteiger partial charge is 0.416 e. The van der Waals surface area contributed by atoms with E-state index in [2.05, 4.69) is 5.32 Å². The average molecular weight is 339 g/mol. The molecule has 0 amide bonds. The average Bonchev–Trinajstić information content (AvgIpc) is 2.46. The van der Waals surface area contributed by atoms with Gasteiger partial charge in [-0.1, -0.05) is 0 Å². The van der Waals surface area contributed by atoms with Gasteiger partial charge in [0.2, 0.25) is 0 Å². The summed E-state index contributed by atoms with van der Waals surface area (Å²) in [6.07, 6.45) is -5.80. The second-order valence-electron chi connectivity index (χ2n) is 6.02. The van der Waals surface area contributed by atoms with Crippen LogP contribution in [0.15, 0.2) is 18.2 Å². The molecule has 0 aromatic heterocycles. The first-order valence-electron chi connectivity index (χ1n) is 7.65. The lowest BCUT2D eigenvalue weighted by atomic mass is 9.92. The van der Waals surface area contributed by atoms with Crippen molar-refractivity contribution in [1.29, 1.82) is 0 Å². The fraction of sp³-hybridized carbons (Fsp3) is 0.625. The molecule has 0 aliphatic carbocycles. The maximum absolute atomic E-state index is 12.8. The van der Waals surface area contributed by atoms with Gasteiger partial charge in [0, 0.05) is 0 Å². The van der Waals surface area contributed by atoms with Crippen molar-refractivity contribution >= 4 is 0 Å². The minimum Gasteiger partial charge on any atom is -0.316 e. The normalized spacial score (nSPS) is 19.8. The van der Waals surface area contributed by atoms with Gasteiger partial charge >= 0.3 is 12.4 Å². The van der Waals surface area contributed by atoms with E-state index in [1.54, 1.807) is 0 Å². The van der Waals surface area contributed by atoms with Crippen molar-refractivity contribution in [3.05, 3.63) is 34.9 Å². The Morgan fingerprint density at radius 2 is 1.57 bits per heavy atom. The van der Waals surface area contributed by atoms with Gasteiger partial charge in [-0.2, -0.15) is 26.3 Å². The summed E-state index contributed by atoms with van der Waals surface area (Å²) in [5, 5.41) is 3.24. The third-order valence-corrected chi connectivity index (χ3v) is 4.12. The van der Waals surface area contributed by atoms with E-state index in [9.17, 15) is 26.3 Å². The molecule has 1 aromatic rings. The van der Waals surface area contributed by atoms with Crippen molar-refractivity contribution in [3.63, 3.8) is 0 Å². The number of aryl methyl sites for hydroxylation is 1. The number of nitrogens with one attached hydrogen (secondary N) is 1. The summed E-state index contributed by atoms with van der Waals surface area (Å²) in [7, 11) is 0. The number of halogens is 6. The lowest BCUT2D eigenvalue weighted by molar-refractivity contribution is -0.143. The van der Waals surface area contributed by atoms with Crippen molar-refractivity contribution in [2.75, 3.05) is 13.1 Å². The fourth-order valence-corrected chi connectivity index (χ4v) is 2.93. The zero-order chi connectivity index (χ0) is 17.1. The molecule has 0 spiro atoms. The van der Waals surface area contributed by atoms with Crippen LogP contribution in [-0.4, -0.2) is 13.1 Å². The molecule has 1 saturated heterocycles. The molecule has 1 heterocycles. The van der Waals surface area contributed by atoms with Crippen LogP contribution >= 0.6 is 0 Å². The Morgan fingerprint density at radius 1 is 0.957 bits per heavy atom. The first-order chi connectivity index (χ1) is 10.7. The van der Waals surface area contributed by atoms with Crippen LogP contribution in [0.3, 0.4) is 0 Å². The van der Waals surface area contributed by atoms with E-state index in [4.69, 9.17) is 0 Å². The summed E-state index contributed by atoms with van der Waals surface area (Å²) in [6, 6.07) is 1.83. The second kappa shape index (κ2) is 7.11. The van der Waals surface area contributed by atoms with Gasteiger partial charge in [0.25, 0.3) is 0 Å². The molecule has 1 fully saturated rings. The molecule has 1 unspecified atom stereocenters. The Hall–Kier alpha value is -1.24. The van der Waals surface area contributed by atoms with Gasteiger partial charge in [-0.05, 0) is 74.9 Å². The van der Waals surface area contributed by atoms with Gasteiger partial charge in [-0.3, -0.25) is 0 Å². The summed E-state index contributed by atoms with van der Waals surface area (Å²) in [4.78, 5) is 0. The number of hydrogen-bond donors (Lipinski definition) is 1. The molecular formula is C16H19F6N. The maximum atomic E-state index is 12.8. The number of alkyl halides is 6. The van der Waals surface area contributed by atoms with Crippen LogP contribution in [0.4, 0.5) is 26.3 Å². The van der Waals surface area contributed by atoms with E-state index < -0.39 is 23.5 Å². The van der Waals surface area contributed by atoms with Gasteiger partial charge in [0.15, 0.2) is 0 Å². The van der Waals surface area contributed by atoms with Crippen molar-refractivity contribution in [2.24, 2.45) is 5.92 Å². The molecule has 0 saturated carbocycles. The predicted molar refractivity (Wildman–Crippen MR) is 75.0 cm³/mol. The fourth-order valence-electron chi connectivity index (χ4n) is 2.93. The minimum absolute atomic E-state index is 0.0934. The molecule has 1 atom stereocenters. The highest BCUT2D eigenvalue weighted by atomic mass is 19.4. The lowest BCUT2D eigenvalue weighted by Gasteiger charge is -2.22. The monoisotopic (exact) mass is 339 g/mol. The molecule has 23 heavy (non-hydrogen) atoms. The van der Waals surface area contributed by atoms with E-state index in [0.717, 1.165) is 44.5 Å². The number of benzene rings is 1. The second-order valence-corrected chi connectivity index (χ2v) is 6.02. The van der Waals surface area contributed by atoms with Crippen LogP contribution in [0.1, 0.15) is 42.4 Å². The minimum atomic E-state index is -4.77. The standard InChI is InChI=1S/C16H19F6N/c17-15(18,19)13-7-12(8-14(9-13)16(20,21)22)4-1-3-11-5-2-6-23-10-11/h7-9,11,23H,1-6,10H2. The van der Waals surface area contributed by atoms with Crippen LogP contribution in [0.2, 0.25) is 0 Å². The van der Waals surface area contributed by atoms with Gasteiger partial charge in [-0.25, -0.2) is 0 Å². The Balaban J connectivity index is 2.07. The van der Waals surface area contributed by atoms with Crippen LogP contribution in [0, 0.1) is 5.92 Å². The summed E-state index contributed by atoms with van der Waals surface area (Å²) in [5.74, 6) is 0.455. The third kappa shape index (κ3) is 5.41. The third-order valence-electron chi connectivity index (χ3n) is 4.12. The van der Waals surface area contributed by atoms with E-state index in [-0.39, 0.29) is 18.1 Å². The Morgan fingerprint density at radius 3 is 2.04 bits per heavy atom. The van der Waals surface area contributed by atoms with Crippen molar-refractivity contribution in [3.8, 4) is 0 Å². The van der Waals surface area contributed by atoms with E-state index in [1.807, 2.05) is 0 Å². The maximum Gasteiger partial charge on any atom is 0.416 e. The number of rotatable bonds is 4. The quantitative estimate of drug-likeness (QED) is 0.757. The van der Waals surface area contributed by atoms with Crippen LogP contribution in [-0.2, 0) is 18.8 Å². The molecule has 0 radical (unpaired) electrons. The van der Waals surface area contributed by atoms with Crippen molar-refractivity contribution in [1.82, 2.24) is 5.32 Å². The predicted octanol–water partition coefficient (Wildman–Crippen LogP) is 5.05. The molecule has 7 heteroatoms. The summed E-state index contributed by atoms with van der Waals surface area (Å²) < 4.78 is 76.6. The molecule has 1 N–H and O–H groups in total. The summed E-state index contributed by atoms with van der Waals surface area (Å²) in [6.45, 7) is 1.84. The molecule has 2 rings (SSSR count). The van der Waals surface area contributed by atoms with E-state index >= 15 is 0 Å². The summed E-state index contributed by atoms with van der Waals surface area (Å²) >= 11 is 0. The number of hydrogen-bond acceptors (Lipinski definition) is 1. The van der Waals surface area contributed by atoms with Gasteiger partial charge in [-0.15, -0.1) is 0 Å².